The summed E-state index contributed by atoms with van der Waals surface area (Å²) >= 11 is 0. The Kier molecular flexibility index (Phi) is 2.39. The summed E-state index contributed by atoms with van der Waals surface area (Å²) in [5.41, 5.74) is 2.25. The molecular weight excluding hydrogens is 212 g/mol. The summed E-state index contributed by atoms with van der Waals surface area (Å²) in [6.07, 6.45) is 1.78. The van der Waals surface area contributed by atoms with Crippen LogP contribution in [0, 0.1) is 5.92 Å². The summed E-state index contributed by atoms with van der Waals surface area (Å²) < 4.78 is 5.38. The van der Waals surface area contributed by atoms with Gasteiger partial charge in [-0.2, -0.15) is 0 Å². The van der Waals surface area contributed by atoms with E-state index in [-0.39, 0.29) is 0 Å². The van der Waals surface area contributed by atoms with E-state index in [4.69, 9.17) is 4.74 Å². The first-order chi connectivity index (χ1) is 8.28. The minimum Gasteiger partial charge on any atom is -0.496 e. The van der Waals surface area contributed by atoms with Gasteiger partial charge in [0.25, 0.3) is 0 Å². The van der Waals surface area contributed by atoms with Crippen LogP contribution in [0.5, 0.6) is 5.75 Å². The van der Waals surface area contributed by atoms with Crippen LogP contribution in [0.4, 0.5) is 5.69 Å². The Labute approximate surface area is 101 Å². The van der Waals surface area contributed by atoms with E-state index in [2.05, 4.69) is 35.0 Å². The van der Waals surface area contributed by atoms with Crippen molar-refractivity contribution in [1.29, 1.82) is 0 Å². The van der Waals surface area contributed by atoms with Crippen LogP contribution in [-0.4, -0.2) is 25.2 Å². The van der Waals surface area contributed by atoms with Gasteiger partial charge >= 0.3 is 0 Å². The van der Waals surface area contributed by atoms with E-state index in [1.807, 2.05) is 6.07 Å². The second-order valence-electron chi connectivity index (χ2n) is 4.72. The lowest BCUT2D eigenvalue weighted by Gasteiger charge is -2.39. The molecule has 2 heterocycles. The average molecular weight is 228 g/mol. The first-order valence-corrected chi connectivity index (χ1v) is 5.95. The highest BCUT2D eigenvalue weighted by Crippen LogP contribution is 2.31. The predicted molar refractivity (Wildman–Crippen MR) is 69.7 cm³/mol. The molecule has 0 N–H and O–H groups in total. The van der Waals surface area contributed by atoms with Crippen LogP contribution in [0.15, 0.2) is 30.5 Å². The largest absolute Gasteiger partial charge is 0.496 e. The summed E-state index contributed by atoms with van der Waals surface area (Å²) in [7, 11) is 1.70. The fourth-order valence-corrected chi connectivity index (χ4v) is 2.39. The molecule has 1 aromatic carbocycles. The summed E-state index contributed by atoms with van der Waals surface area (Å²) in [4.78, 5) is 6.74. The van der Waals surface area contributed by atoms with Gasteiger partial charge in [-0.1, -0.05) is 6.92 Å². The lowest BCUT2D eigenvalue weighted by molar-refractivity contribution is 0.419. The van der Waals surface area contributed by atoms with Gasteiger partial charge in [-0.3, -0.25) is 4.98 Å². The van der Waals surface area contributed by atoms with Crippen molar-refractivity contribution >= 4 is 16.6 Å². The zero-order valence-corrected chi connectivity index (χ0v) is 10.2. The minimum absolute atomic E-state index is 0.807. The zero-order chi connectivity index (χ0) is 11.8. The Balaban J connectivity index is 2.05. The number of benzene rings is 1. The highest BCUT2D eigenvalue weighted by Gasteiger charge is 2.22. The number of rotatable bonds is 2. The van der Waals surface area contributed by atoms with Crippen LogP contribution in [0.25, 0.3) is 10.9 Å². The van der Waals surface area contributed by atoms with Crippen molar-refractivity contribution in [2.24, 2.45) is 5.92 Å². The molecule has 0 unspecified atom stereocenters. The molecule has 0 bridgehead atoms. The standard InChI is InChI=1S/C14H16N2O/c1-10-8-16(9-10)11-3-4-13-12(7-11)14(17-2)5-6-15-13/h3-7,10H,8-9H2,1-2H3. The van der Waals surface area contributed by atoms with E-state index in [0.29, 0.717) is 0 Å². The van der Waals surface area contributed by atoms with Crippen molar-refractivity contribution in [2.75, 3.05) is 25.1 Å². The van der Waals surface area contributed by atoms with Crippen molar-refractivity contribution in [3.8, 4) is 5.75 Å². The molecule has 88 valence electrons. The van der Waals surface area contributed by atoms with Gasteiger partial charge < -0.3 is 9.64 Å². The van der Waals surface area contributed by atoms with Gasteiger partial charge in [0.1, 0.15) is 5.75 Å². The number of anilines is 1. The van der Waals surface area contributed by atoms with Gasteiger partial charge in [-0.05, 0) is 30.2 Å². The summed E-state index contributed by atoms with van der Waals surface area (Å²) in [6, 6.07) is 8.29. The molecule has 0 saturated carbocycles. The van der Waals surface area contributed by atoms with Crippen molar-refractivity contribution in [2.45, 2.75) is 6.92 Å². The Hall–Kier alpha value is -1.77. The third-order valence-electron chi connectivity index (χ3n) is 3.33. The maximum absolute atomic E-state index is 5.38. The fourth-order valence-electron chi connectivity index (χ4n) is 2.39. The van der Waals surface area contributed by atoms with Gasteiger partial charge in [0.15, 0.2) is 0 Å². The normalized spacial score (nSPS) is 16.0. The minimum atomic E-state index is 0.807. The van der Waals surface area contributed by atoms with E-state index in [1.54, 1.807) is 13.3 Å². The van der Waals surface area contributed by atoms with Crippen LogP contribution in [0.3, 0.4) is 0 Å². The molecule has 17 heavy (non-hydrogen) atoms. The van der Waals surface area contributed by atoms with E-state index in [1.165, 1.54) is 5.69 Å². The number of aromatic nitrogens is 1. The molecule has 0 spiro atoms. The topological polar surface area (TPSA) is 25.4 Å². The number of hydrogen-bond donors (Lipinski definition) is 0. The van der Waals surface area contributed by atoms with E-state index in [9.17, 15) is 0 Å². The highest BCUT2D eigenvalue weighted by molar-refractivity contribution is 5.88. The van der Waals surface area contributed by atoms with Gasteiger partial charge in [0.05, 0.1) is 12.6 Å². The van der Waals surface area contributed by atoms with Crippen LogP contribution in [0.1, 0.15) is 6.92 Å². The van der Waals surface area contributed by atoms with Gasteiger partial charge in [-0.15, -0.1) is 0 Å². The summed E-state index contributed by atoms with van der Waals surface area (Å²) in [5.74, 6) is 1.70. The molecule has 3 rings (SSSR count). The highest BCUT2D eigenvalue weighted by atomic mass is 16.5. The van der Waals surface area contributed by atoms with E-state index in [0.717, 1.165) is 35.7 Å². The third kappa shape index (κ3) is 1.71. The molecule has 0 radical (unpaired) electrons. The molecule has 0 atom stereocenters. The number of methoxy groups -OCH3 is 1. The molecule has 3 heteroatoms. The van der Waals surface area contributed by atoms with Crippen LogP contribution in [0.2, 0.25) is 0 Å². The zero-order valence-electron chi connectivity index (χ0n) is 10.2. The molecule has 0 aliphatic carbocycles. The van der Waals surface area contributed by atoms with Crippen molar-refractivity contribution < 1.29 is 4.74 Å². The Morgan fingerprint density at radius 1 is 1.29 bits per heavy atom. The quantitative estimate of drug-likeness (QED) is 0.790. The third-order valence-corrected chi connectivity index (χ3v) is 3.33. The van der Waals surface area contributed by atoms with Gasteiger partial charge in [0, 0.05) is 30.4 Å². The lowest BCUT2D eigenvalue weighted by atomic mass is 10.0. The average Bonchev–Trinajstić information content (AvgIpc) is 2.33. The Morgan fingerprint density at radius 3 is 2.82 bits per heavy atom. The lowest BCUT2D eigenvalue weighted by Crippen LogP contribution is -2.45. The molecular formula is C14H16N2O. The molecule has 1 saturated heterocycles. The smallest absolute Gasteiger partial charge is 0.129 e. The van der Waals surface area contributed by atoms with Crippen molar-refractivity contribution in [3.63, 3.8) is 0 Å². The summed E-state index contributed by atoms with van der Waals surface area (Å²) in [6.45, 7) is 4.57. The predicted octanol–water partition coefficient (Wildman–Crippen LogP) is 2.70. The monoisotopic (exact) mass is 228 g/mol. The van der Waals surface area contributed by atoms with Crippen LogP contribution >= 0.6 is 0 Å². The Bertz CT molecular complexity index is 547. The maximum atomic E-state index is 5.38. The SMILES string of the molecule is COc1ccnc2ccc(N3CC(C)C3)cc12. The number of fused-ring (bicyclic) bond motifs is 1. The molecule has 3 nitrogen and oxygen atoms in total. The molecule has 1 aliphatic heterocycles. The van der Waals surface area contributed by atoms with Gasteiger partial charge in [-0.25, -0.2) is 0 Å². The summed E-state index contributed by atoms with van der Waals surface area (Å²) in [5, 5.41) is 1.09. The molecule has 0 amide bonds. The first kappa shape index (κ1) is 10.4. The maximum Gasteiger partial charge on any atom is 0.129 e. The second kappa shape index (κ2) is 3.91. The van der Waals surface area contributed by atoms with Crippen LogP contribution in [-0.2, 0) is 0 Å². The number of pyridine rings is 1. The van der Waals surface area contributed by atoms with Gasteiger partial charge in [0.2, 0.25) is 0 Å². The molecule has 2 aromatic rings. The van der Waals surface area contributed by atoms with E-state index < -0.39 is 0 Å². The molecule has 1 aromatic heterocycles. The second-order valence-corrected chi connectivity index (χ2v) is 4.72. The van der Waals surface area contributed by atoms with Crippen molar-refractivity contribution in [1.82, 2.24) is 4.98 Å². The van der Waals surface area contributed by atoms with Crippen LogP contribution < -0.4 is 9.64 Å². The molecule has 1 aliphatic rings. The number of ether oxygens (including phenoxy) is 1. The Morgan fingerprint density at radius 2 is 2.12 bits per heavy atom. The number of hydrogen-bond acceptors (Lipinski definition) is 3. The van der Waals surface area contributed by atoms with Crippen molar-refractivity contribution in [3.05, 3.63) is 30.5 Å². The van der Waals surface area contributed by atoms with E-state index >= 15 is 0 Å². The molecule has 1 fully saturated rings. The number of nitrogens with zero attached hydrogens (tertiary/aromatic N) is 2. The fraction of sp³-hybridized carbons (Fsp3) is 0.357. The first-order valence-electron chi connectivity index (χ1n) is 5.95.